The third-order valence-electron chi connectivity index (χ3n) is 4.57. The normalized spacial score (nSPS) is 23.3. The molecule has 1 aromatic rings. The lowest BCUT2D eigenvalue weighted by Gasteiger charge is -2.16. The molecule has 1 aromatic heterocycles. The van der Waals surface area contributed by atoms with Crippen LogP contribution in [0.4, 0.5) is 4.79 Å². The molecule has 8 heteroatoms. The number of nitrogens with zero attached hydrogens (tertiary/aromatic N) is 1. The molecule has 0 radical (unpaired) electrons. The molecule has 0 bridgehead atoms. The molecular formula is C18H23N3O3S2. The number of fused-ring (bicyclic) bond motifs is 1. The summed E-state index contributed by atoms with van der Waals surface area (Å²) in [4.78, 5) is 16.3. The van der Waals surface area contributed by atoms with Crippen molar-refractivity contribution >= 4 is 27.4 Å². The molecule has 2 N–H and O–H groups in total. The van der Waals surface area contributed by atoms with E-state index in [1.54, 1.807) is 6.92 Å². The molecule has 2 amide bonds. The van der Waals surface area contributed by atoms with Gasteiger partial charge >= 0.3 is 6.03 Å². The Morgan fingerprint density at radius 1 is 1.23 bits per heavy atom. The average Bonchev–Trinajstić information content (AvgIpc) is 3.20. The van der Waals surface area contributed by atoms with Gasteiger partial charge in [0.15, 0.2) is 4.21 Å². The minimum Gasteiger partial charge on any atom is -0.307 e. The Morgan fingerprint density at radius 3 is 2.77 bits per heavy atom. The number of aromatic nitrogens is 1. The molecule has 0 aromatic carbocycles. The van der Waals surface area contributed by atoms with Gasteiger partial charge in [-0.2, -0.15) is 0 Å². The monoisotopic (exact) mass is 393 g/mol. The summed E-state index contributed by atoms with van der Waals surface area (Å²) in [6, 6.07) is -0.759. The van der Waals surface area contributed by atoms with Crippen LogP contribution in [0.5, 0.6) is 0 Å². The number of carbonyl (C=O) groups excluding carboxylic acids is 1. The van der Waals surface area contributed by atoms with E-state index in [0.717, 1.165) is 67.4 Å². The van der Waals surface area contributed by atoms with Gasteiger partial charge in [-0.1, -0.05) is 12.7 Å². The van der Waals surface area contributed by atoms with Gasteiger partial charge in [-0.25, -0.2) is 22.9 Å². The van der Waals surface area contributed by atoms with E-state index in [-0.39, 0.29) is 4.21 Å². The number of nitrogens with one attached hydrogen (secondary N) is 2. The van der Waals surface area contributed by atoms with Crippen molar-refractivity contribution in [3.8, 4) is 0 Å². The Hall–Kier alpha value is -1.93. The quantitative estimate of drug-likeness (QED) is 0.814. The Labute approximate surface area is 158 Å². The Kier molecular flexibility index (Phi) is 5.62. The van der Waals surface area contributed by atoms with Crippen LogP contribution in [0.25, 0.3) is 0 Å². The van der Waals surface area contributed by atoms with Gasteiger partial charge < -0.3 is 5.32 Å². The molecule has 0 spiro atoms. The van der Waals surface area contributed by atoms with Gasteiger partial charge in [0, 0.05) is 5.70 Å². The molecule has 0 unspecified atom stereocenters. The first-order chi connectivity index (χ1) is 12.4. The van der Waals surface area contributed by atoms with Crippen LogP contribution in [0.1, 0.15) is 50.0 Å². The Morgan fingerprint density at radius 2 is 2.04 bits per heavy atom. The summed E-state index contributed by atoms with van der Waals surface area (Å²) in [5, 5.41) is 3.39. The number of amides is 2. The first-order valence-electron chi connectivity index (χ1n) is 8.74. The van der Waals surface area contributed by atoms with Gasteiger partial charge in [0.25, 0.3) is 10.0 Å². The lowest BCUT2D eigenvalue weighted by Crippen LogP contribution is -2.39. The number of hydrogen-bond donors (Lipinski definition) is 2. The molecule has 6 nitrogen and oxygen atoms in total. The largest absolute Gasteiger partial charge is 0.333 e. The van der Waals surface area contributed by atoms with E-state index >= 15 is 0 Å². The maximum Gasteiger partial charge on any atom is 0.333 e. The van der Waals surface area contributed by atoms with Crippen molar-refractivity contribution in [2.24, 2.45) is 0 Å². The smallest absolute Gasteiger partial charge is 0.307 e. The third kappa shape index (κ3) is 4.24. The number of sulfonamides is 1. The molecule has 1 heterocycles. The van der Waals surface area contributed by atoms with E-state index in [9.17, 15) is 13.2 Å². The van der Waals surface area contributed by atoms with Crippen LogP contribution in [0.15, 0.2) is 45.5 Å². The number of aryl methyl sites for hydroxylation is 1. The van der Waals surface area contributed by atoms with Gasteiger partial charge in [-0.3, -0.25) is 0 Å². The van der Waals surface area contributed by atoms with E-state index in [1.807, 2.05) is 0 Å². The zero-order chi connectivity index (χ0) is 18.7. The fourth-order valence-corrected chi connectivity index (χ4v) is 5.33. The molecule has 2 aliphatic rings. The summed E-state index contributed by atoms with van der Waals surface area (Å²) < 4.78 is 26.8. The molecule has 0 saturated heterocycles. The van der Waals surface area contributed by atoms with Gasteiger partial charge in [0.05, 0.1) is 11.2 Å². The second-order valence-corrected chi connectivity index (χ2v) is 9.69. The average molecular weight is 394 g/mol. The molecule has 3 rings (SSSR count). The third-order valence-corrected chi connectivity index (χ3v) is 7.27. The summed E-state index contributed by atoms with van der Waals surface area (Å²) in [7, 11) is -3.93. The van der Waals surface area contributed by atoms with Crippen LogP contribution in [-0.4, -0.2) is 19.4 Å². The second-order valence-electron chi connectivity index (χ2n) is 6.54. The number of allylic oxidation sites excluding steroid dienone is 4. The summed E-state index contributed by atoms with van der Waals surface area (Å²) >= 11 is 1.03. The van der Waals surface area contributed by atoms with E-state index in [4.69, 9.17) is 0 Å². The topological polar surface area (TPSA) is 88.2 Å². The summed E-state index contributed by atoms with van der Waals surface area (Å²) in [6.07, 6.45) is 10.3. The van der Waals surface area contributed by atoms with Gasteiger partial charge in [-0.05, 0) is 68.6 Å². The van der Waals surface area contributed by atoms with Gasteiger partial charge in [0.2, 0.25) is 0 Å². The number of hydrogen-bond acceptors (Lipinski definition) is 5. The van der Waals surface area contributed by atoms with Crippen LogP contribution >= 0.6 is 11.3 Å². The van der Waals surface area contributed by atoms with Crippen molar-refractivity contribution in [1.82, 2.24) is 15.0 Å². The predicted molar refractivity (Wildman–Crippen MR) is 102 cm³/mol. The van der Waals surface area contributed by atoms with Crippen molar-refractivity contribution in [2.45, 2.75) is 56.1 Å². The number of thiazole rings is 1. The number of rotatable bonds is 3. The minimum atomic E-state index is -3.93. The van der Waals surface area contributed by atoms with Crippen molar-refractivity contribution in [1.29, 1.82) is 0 Å². The maximum absolute atomic E-state index is 12.4. The van der Waals surface area contributed by atoms with E-state index in [0.29, 0.717) is 10.7 Å². The first kappa shape index (κ1) is 18.8. The van der Waals surface area contributed by atoms with E-state index in [1.165, 1.54) is 11.8 Å². The fourth-order valence-electron chi connectivity index (χ4n) is 3.32. The van der Waals surface area contributed by atoms with Crippen LogP contribution in [0, 0.1) is 6.92 Å². The van der Waals surface area contributed by atoms with Crippen LogP contribution in [0.3, 0.4) is 0 Å². The highest BCUT2D eigenvalue weighted by atomic mass is 32.2. The lowest BCUT2D eigenvalue weighted by molar-refractivity contribution is 0.248. The highest BCUT2D eigenvalue weighted by Crippen LogP contribution is 2.36. The summed E-state index contributed by atoms with van der Waals surface area (Å²) in [5.41, 5.74) is 3.89. The molecule has 0 aliphatic heterocycles. The summed E-state index contributed by atoms with van der Waals surface area (Å²) in [5.74, 6) is 0. The fraction of sp³-hybridized carbons (Fsp3) is 0.444. The first-order valence-corrected chi connectivity index (χ1v) is 11.0. The molecule has 2 aliphatic carbocycles. The van der Waals surface area contributed by atoms with Crippen LogP contribution in [0.2, 0.25) is 0 Å². The number of urea groups is 1. The second kappa shape index (κ2) is 7.75. The maximum atomic E-state index is 12.4. The van der Waals surface area contributed by atoms with E-state index in [2.05, 4.69) is 27.7 Å². The Balaban J connectivity index is 1.82. The molecule has 1 fully saturated rings. The SMILES string of the molecule is C=C1CCCC/C=C2/CCC/C2=C/1NC(=O)NS(=O)(=O)c1cnc(C)s1. The summed E-state index contributed by atoms with van der Waals surface area (Å²) in [6.45, 7) is 5.84. The molecule has 0 atom stereocenters. The van der Waals surface area contributed by atoms with Gasteiger partial charge in [0.1, 0.15) is 0 Å². The molecule has 1 saturated carbocycles. The highest BCUT2D eigenvalue weighted by Gasteiger charge is 2.24. The van der Waals surface area contributed by atoms with Crippen molar-refractivity contribution in [3.63, 3.8) is 0 Å². The van der Waals surface area contributed by atoms with E-state index < -0.39 is 16.1 Å². The van der Waals surface area contributed by atoms with Crippen LogP contribution in [-0.2, 0) is 10.0 Å². The van der Waals surface area contributed by atoms with Crippen LogP contribution < -0.4 is 10.0 Å². The van der Waals surface area contributed by atoms with Crippen molar-refractivity contribution < 1.29 is 13.2 Å². The van der Waals surface area contributed by atoms with Gasteiger partial charge in [-0.15, -0.1) is 11.3 Å². The zero-order valence-electron chi connectivity index (χ0n) is 14.8. The molecule has 26 heavy (non-hydrogen) atoms. The predicted octanol–water partition coefficient (Wildman–Crippen LogP) is 3.93. The zero-order valence-corrected chi connectivity index (χ0v) is 16.4. The molecule has 140 valence electrons. The van der Waals surface area contributed by atoms with Crippen molar-refractivity contribution in [2.75, 3.05) is 0 Å². The minimum absolute atomic E-state index is 0.0255. The Bertz CT molecular complexity index is 895. The highest BCUT2D eigenvalue weighted by molar-refractivity contribution is 7.92. The standard InChI is InChI=1S/C18H23N3O3S2/c1-12-7-4-3-5-8-14-9-6-10-15(14)17(12)20-18(22)21-26(23,24)16-11-19-13(2)25-16/h8,11H,1,3-7,9-10H2,2H3,(H2,20,21,22)/b14-8-,17-15+. The number of carbonyl (C=O) groups is 1. The molecular weight excluding hydrogens is 370 g/mol. The van der Waals surface area contributed by atoms with Crippen molar-refractivity contribution in [3.05, 3.63) is 46.3 Å². The lowest BCUT2D eigenvalue weighted by atomic mass is 10.0.